The maximum absolute atomic E-state index is 11.5. The van der Waals surface area contributed by atoms with Gasteiger partial charge in [-0.1, -0.05) is 19.3 Å². The van der Waals surface area contributed by atoms with Crippen molar-refractivity contribution < 1.29 is 14.3 Å². The average molecular weight is 234 g/mol. The second-order valence-electron chi connectivity index (χ2n) is 3.86. The normalized spacial score (nSPS) is 19.5. The van der Waals surface area contributed by atoms with Crippen LogP contribution in [0.1, 0.15) is 32.1 Å². The van der Waals surface area contributed by atoms with Crippen molar-refractivity contribution >= 4 is 23.5 Å². The van der Waals surface area contributed by atoms with E-state index in [-0.39, 0.29) is 17.6 Å². The second-order valence-corrected chi connectivity index (χ2v) is 4.12. The fourth-order valence-electron chi connectivity index (χ4n) is 2.06. The third-order valence-electron chi connectivity index (χ3n) is 2.77. The number of halogens is 1. The van der Waals surface area contributed by atoms with E-state index in [0.29, 0.717) is 0 Å². The Balaban J connectivity index is 2.60. The number of primary amides is 1. The molecule has 1 rings (SSSR count). The first kappa shape index (κ1) is 12.3. The van der Waals surface area contributed by atoms with Gasteiger partial charge in [0, 0.05) is 5.92 Å². The molecule has 0 heterocycles. The topological polar surface area (TPSA) is 69.4 Å². The molecular weight excluding hydrogens is 218 g/mol. The summed E-state index contributed by atoms with van der Waals surface area (Å²) in [5.74, 6) is -0.283. The number of amides is 1. The lowest BCUT2D eigenvalue weighted by Gasteiger charge is -2.27. The Hall–Kier alpha value is -0.770. The van der Waals surface area contributed by atoms with Crippen LogP contribution in [-0.2, 0) is 9.53 Å². The Labute approximate surface area is 94.1 Å². The highest BCUT2D eigenvalue weighted by atomic mass is 35.5. The number of nitrogens with two attached hydrogens (primary N) is 1. The summed E-state index contributed by atoms with van der Waals surface area (Å²) in [6.07, 6.45) is 3.48. The van der Waals surface area contributed by atoms with Crippen LogP contribution in [0.15, 0.2) is 0 Å². The minimum atomic E-state index is -0.899. The van der Waals surface area contributed by atoms with Crippen LogP contribution < -0.4 is 5.73 Å². The molecule has 0 radical (unpaired) electrons. The molecule has 0 aliphatic heterocycles. The average Bonchev–Trinajstić information content (AvgIpc) is 2.26. The molecule has 0 unspecified atom stereocenters. The third-order valence-corrected chi connectivity index (χ3v) is 3.03. The lowest BCUT2D eigenvalue weighted by Crippen LogP contribution is -2.38. The summed E-state index contributed by atoms with van der Waals surface area (Å²) in [6, 6.07) is 0. The molecule has 15 heavy (non-hydrogen) atoms. The van der Waals surface area contributed by atoms with Gasteiger partial charge in [0.1, 0.15) is 0 Å². The van der Waals surface area contributed by atoms with Crippen LogP contribution in [0.4, 0.5) is 4.79 Å². The van der Waals surface area contributed by atoms with Gasteiger partial charge < -0.3 is 10.5 Å². The highest BCUT2D eigenvalue weighted by Crippen LogP contribution is 2.28. The molecule has 5 heteroatoms. The Morgan fingerprint density at radius 1 is 1.33 bits per heavy atom. The number of hydrogen-bond donors (Lipinski definition) is 1. The summed E-state index contributed by atoms with van der Waals surface area (Å²) in [4.78, 5) is 22.2. The molecule has 1 atom stereocenters. The minimum absolute atomic E-state index is 0.0949. The fraction of sp³-hybridized carbons (Fsp3) is 0.800. The first-order chi connectivity index (χ1) is 7.15. The van der Waals surface area contributed by atoms with Crippen LogP contribution in [0.25, 0.3) is 0 Å². The fourth-order valence-corrected chi connectivity index (χ4v) is 2.22. The highest BCUT2D eigenvalue weighted by molar-refractivity contribution is 6.28. The van der Waals surface area contributed by atoms with E-state index in [4.69, 9.17) is 22.1 Å². The number of carbonyl (C=O) groups excluding carboxylic acids is 2. The number of ether oxygens (including phenoxy) is 1. The first-order valence-corrected chi connectivity index (χ1v) is 5.73. The third kappa shape index (κ3) is 3.70. The van der Waals surface area contributed by atoms with Gasteiger partial charge >= 0.3 is 6.09 Å². The molecule has 1 aliphatic carbocycles. The van der Waals surface area contributed by atoms with Crippen LogP contribution in [0.5, 0.6) is 0 Å². The SMILES string of the molecule is NC(=O)O[C@H](C(=O)CCl)C1CCCCC1. The predicted octanol–water partition coefficient (Wildman–Crippen LogP) is 1.84. The van der Waals surface area contributed by atoms with E-state index in [1.807, 2.05) is 0 Å². The van der Waals surface area contributed by atoms with Gasteiger partial charge in [-0.05, 0) is 12.8 Å². The molecular formula is C10H16ClNO3. The molecule has 1 aliphatic rings. The van der Waals surface area contributed by atoms with Crippen molar-refractivity contribution in [3.63, 3.8) is 0 Å². The van der Waals surface area contributed by atoms with Crippen molar-refractivity contribution in [2.45, 2.75) is 38.2 Å². The lowest BCUT2D eigenvalue weighted by atomic mass is 9.84. The van der Waals surface area contributed by atoms with E-state index in [2.05, 4.69) is 0 Å². The number of hydrogen-bond acceptors (Lipinski definition) is 3. The van der Waals surface area contributed by atoms with Gasteiger partial charge in [-0.15, -0.1) is 11.6 Å². The predicted molar refractivity (Wildman–Crippen MR) is 56.8 cm³/mol. The number of Topliss-reactive ketones (excluding diaryl/α,β-unsaturated/α-hetero) is 1. The molecule has 1 amide bonds. The van der Waals surface area contributed by atoms with E-state index in [1.165, 1.54) is 6.42 Å². The second kappa shape index (κ2) is 5.95. The van der Waals surface area contributed by atoms with Crippen molar-refractivity contribution in [3.8, 4) is 0 Å². The molecule has 86 valence electrons. The van der Waals surface area contributed by atoms with Gasteiger partial charge in [0.15, 0.2) is 11.9 Å². The molecule has 0 aromatic rings. The first-order valence-electron chi connectivity index (χ1n) is 5.20. The Morgan fingerprint density at radius 3 is 2.40 bits per heavy atom. The van der Waals surface area contributed by atoms with Gasteiger partial charge in [0.25, 0.3) is 0 Å². The number of carbonyl (C=O) groups is 2. The monoisotopic (exact) mass is 233 g/mol. The van der Waals surface area contributed by atoms with E-state index >= 15 is 0 Å². The zero-order valence-corrected chi connectivity index (χ0v) is 9.33. The Morgan fingerprint density at radius 2 is 1.93 bits per heavy atom. The van der Waals surface area contributed by atoms with E-state index < -0.39 is 12.2 Å². The lowest BCUT2D eigenvalue weighted by molar-refractivity contribution is -0.128. The quantitative estimate of drug-likeness (QED) is 0.754. The smallest absolute Gasteiger partial charge is 0.405 e. The van der Waals surface area contributed by atoms with Gasteiger partial charge in [0.2, 0.25) is 0 Å². The van der Waals surface area contributed by atoms with Crippen LogP contribution in [0.2, 0.25) is 0 Å². The van der Waals surface area contributed by atoms with Gasteiger partial charge in [-0.2, -0.15) is 0 Å². The van der Waals surface area contributed by atoms with Crippen LogP contribution in [0, 0.1) is 5.92 Å². The van der Waals surface area contributed by atoms with Crippen LogP contribution in [-0.4, -0.2) is 23.9 Å². The maximum Gasteiger partial charge on any atom is 0.405 e. The largest absolute Gasteiger partial charge is 0.438 e. The summed E-state index contributed by atoms with van der Waals surface area (Å²) in [7, 11) is 0. The van der Waals surface area contributed by atoms with Crippen molar-refractivity contribution in [3.05, 3.63) is 0 Å². The Kier molecular flexibility index (Phi) is 4.88. The van der Waals surface area contributed by atoms with Crippen molar-refractivity contribution in [1.82, 2.24) is 0 Å². The summed E-state index contributed by atoms with van der Waals surface area (Å²) in [5, 5.41) is 0. The Bertz CT molecular complexity index is 239. The summed E-state index contributed by atoms with van der Waals surface area (Å²) in [5.41, 5.74) is 4.94. The van der Waals surface area contributed by atoms with E-state index in [0.717, 1.165) is 25.7 Å². The van der Waals surface area contributed by atoms with E-state index in [1.54, 1.807) is 0 Å². The zero-order chi connectivity index (χ0) is 11.3. The van der Waals surface area contributed by atoms with Gasteiger partial charge in [-0.3, -0.25) is 4.79 Å². The molecule has 2 N–H and O–H groups in total. The summed E-state index contributed by atoms with van der Waals surface area (Å²) in [6.45, 7) is 0. The zero-order valence-electron chi connectivity index (χ0n) is 8.58. The summed E-state index contributed by atoms with van der Waals surface area (Å²) >= 11 is 5.47. The molecule has 1 fully saturated rings. The van der Waals surface area contributed by atoms with E-state index in [9.17, 15) is 9.59 Å². The highest BCUT2D eigenvalue weighted by Gasteiger charge is 2.31. The standard InChI is InChI=1S/C10H16ClNO3/c11-6-8(13)9(15-10(12)14)7-4-2-1-3-5-7/h7,9H,1-6H2,(H2,12,14)/t9-/m0/s1. The molecule has 0 aromatic heterocycles. The molecule has 1 saturated carbocycles. The number of ketones is 1. The van der Waals surface area contributed by atoms with Crippen LogP contribution >= 0.6 is 11.6 Å². The number of alkyl halides is 1. The number of rotatable bonds is 4. The van der Waals surface area contributed by atoms with Crippen molar-refractivity contribution in [2.24, 2.45) is 11.7 Å². The van der Waals surface area contributed by atoms with Gasteiger partial charge in [0.05, 0.1) is 5.88 Å². The molecule has 0 bridgehead atoms. The molecule has 0 saturated heterocycles. The van der Waals surface area contributed by atoms with Crippen LogP contribution in [0.3, 0.4) is 0 Å². The molecule has 0 aromatic carbocycles. The summed E-state index contributed by atoms with van der Waals surface area (Å²) < 4.78 is 4.85. The van der Waals surface area contributed by atoms with Gasteiger partial charge in [-0.25, -0.2) is 4.79 Å². The van der Waals surface area contributed by atoms with Crippen molar-refractivity contribution in [2.75, 3.05) is 5.88 Å². The molecule has 4 nitrogen and oxygen atoms in total. The van der Waals surface area contributed by atoms with Crippen molar-refractivity contribution in [1.29, 1.82) is 0 Å². The molecule has 0 spiro atoms. The maximum atomic E-state index is 11.5. The minimum Gasteiger partial charge on any atom is -0.438 e.